The molecule has 1 N–H and O–H groups in total. The SMILES string of the molecule is C=CC1=C(C=C)/C(=C/CCNC)c2ccccc2OC1. The van der Waals surface area contributed by atoms with E-state index >= 15 is 0 Å². The molecular weight excluding hydrogens is 246 g/mol. The van der Waals surface area contributed by atoms with Gasteiger partial charge in [0.2, 0.25) is 0 Å². The van der Waals surface area contributed by atoms with Crippen molar-refractivity contribution < 1.29 is 4.74 Å². The lowest BCUT2D eigenvalue weighted by Gasteiger charge is -2.11. The van der Waals surface area contributed by atoms with Gasteiger partial charge in [-0.3, -0.25) is 0 Å². The first-order valence-electron chi connectivity index (χ1n) is 6.87. The summed E-state index contributed by atoms with van der Waals surface area (Å²) in [7, 11) is 1.96. The second-order valence-corrected chi connectivity index (χ2v) is 4.64. The highest BCUT2D eigenvalue weighted by Gasteiger charge is 2.17. The van der Waals surface area contributed by atoms with Gasteiger partial charge in [0, 0.05) is 5.56 Å². The number of fused-ring (bicyclic) bond motifs is 1. The van der Waals surface area contributed by atoms with Gasteiger partial charge in [-0.1, -0.05) is 49.6 Å². The van der Waals surface area contributed by atoms with Gasteiger partial charge in [-0.05, 0) is 42.8 Å². The molecule has 1 aromatic rings. The maximum absolute atomic E-state index is 5.89. The van der Waals surface area contributed by atoms with Gasteiger partial charge in [0.1, 0.15) is 12.4 Å². The molecule has 2 nitrogen and oxygen atoms in total. The Balaban J connectivity index is 2.54. The molecule has 20 heavy (non-hydrogen) atoms. The zero-order chi connectivity index (χ0) is 14.4. The highest BCUT2D eigenvalue weighted by molar-refractivity contribution is 5.86. The van der Waals surface area contributed by atoms with Gasteiger partial charge in [-0.2, -0.15) is 0 Å². The smallest absolute Gasteiger partial charge is 0.127 e. The van der Waals surface area contributed by atoms with Crippen molar-refractivity contribution >= 4 is 5.57 Å². The molecule has 1 aromatic carbocycles. The van der Waals surface area contributed by atoms with E-state index in [1.807, 2.05) is 37.4 Å². The molecule has 0 fully saturated rings. The van der Waals surface area contributed by atoms with E-state index in [9.17, 15) is 0 Å². The van der Waals surface area contributed by atoms with Crippen molar-refractivity contribution in [2.24, 2.45) is 0 Å². The number of nitrogens with one attached hydrogen (secondary N) is 1. The molecule has 0 spiro atoms. The third-order valence-electron chi connectivity index (χ3n) is 3.39. The molecular formula is C18H21NO. The van der Waals surface area contributed by atoms with Crippen LogP contribution in [-0.4, -0.2) is 20.2 Å². The lowest BCUT2D eigenvalue weighted by Crippen LogP contribution is -2.06. The summed E-state index contributed by atoms with van der Waals surface area (Å²) in [6, 6.07) is 8.13. The van der Waals surface area contributed by atoms with Crippen LogP contribution in [0.1, 0.15) is 12.0 Å². The fourth-order valence-corrected chi connectivity index (χ4v) is 2.36. The monoisotopic (exact) mass is 267 g/mol. The Morgan fingerprint density at radius 3 is 2.75 bits per heavy atom. The van der Waals surface area contributed by atoms with Crippen molar-refractivity contribution in [3.63, 3.8) is 0 Å². The van der Waals surface area contributed by atoms with Gasteiger partial charge in [0.05, 0.1) is 0 Å². The lowest BCUT2D eigenvalue weighted by molar-refractivity contribution is 0.356. The van der Waals surface area contributed by atoms with Crippen LogP contribution in [0.5, 0.6) is 5.75 Å². The van der Waals surface area contributed by atoms with Crippen LogP contribution in [0.2, 0.25) is 0 Å². The Kier molecular flexibility index (Phi) is 4.97. The summed E-state index contributed by atoms with van der Waals surface area (Å²) in [6.45, 7) is 9.33. The number of allylic oxidation sites excluding steroid dienone is 3. The standard InChI is InChI=1S/C18H21NO/c1-4-14-13-20-18-11-7-6-9-17(18)16(15(14)5-2)10-8-12-19-3/h4-7,9-11,19H,1-2,8,12-13H2,3H3/b16-10-. The maximum Gasteiger partial charge on any atom is 0.127 e. The Morgan fingerprint density at radius 1 is 1.25 bits per heavy atom. The number of rotatable bonds is 5. The van der Waals surface area contributed by atoms with E-state index < -0.39 is 0 Å². The molecule has 0 aromatic heterocycles. The van der Waals surface area contributed by atoms with E-state index in [1.165, 1.54) is 5.57 Å². The minimum absolute atomic E-state index is 0.533. The number of benzene rings is 1. The van der Waals surface area contributed by atoms with Crippen molar-refractivity contribution in [3.8, 4) is 5.75 Å². The first kappa shape index (κ1) is 14.4. The van der Waals surface area contributed by atoms with E-state index in [2.05, 4.69) is 30.6 Å². The van der Waals surface area contributed by atoms with Crippen molar-refractivity contribution in [1.82, 2.24) is 5.32 Å². The van der Waals surface area contributed by atoms with Crippen LogP contribution in [0, 0.1) is 0 Å². The Labute approximate surface area is 121 Å². The van der Waals surface area contributed by atoms with Crippen LogP contribution < -0.4 is 10.1 Å². The molecule has 2 heteroatoms. The highest BCUT2D eigenvalue weighted by Crippen LogP contribution is 2.36. The molecule has 0 saturated heterocycles. The molecule has 0 saturated carbocycles. The van der Waals surface area contributed by atoms with E-state index in [0.717, 1.165) is 35.4 Å². The maximum atomic E-state index is 5.89. The Morgan fingerprint density at radius 2 is 2.05 bits per heavy atom. The average Bonchev–Trinajstić information content (AvgIpc) is 2.64. The van der Waals surface area contributed by atoms with Gasteiger partial charge in [-0.15, -0.1) is 0 Å². The molecule has 0 radical (unpaired) electrons. The van der Waals surface area contributed by atoms with E-state index in [1.54, 1.807) is 0 Å². The molecule has 0 amide bonds. The van der Waals surface area contributed by atoms with E-state index in [0.29, 0.717) is 6.61 Å². The van der Waals surface area contributed by atoms with Crippen LogP contribution >= 0.6 is 0 Å². The van der Waals surface area contributed by atoms with Crippen molar-refractivity contribution in [1.29, 1.82) is 0 Å². The third kappa shape index (κ3) is 2.91. The third-order valence-corrected chi connectivity index (χ3v) is 3.39. The summed E-state index contributed by atoms with van der Waals surface area (Å²) < 4.78 is 5.89. The topological polar surface area (TPSA) is 21.3 Å². The van der Waals surface area contributed by atoms with Gasteiger partial charge in [0.25, 0.3) is 0 Å². The quantitative estimate of drug-likeness (QED) is 0.821. The average molecular weight is 267 g/mol. The van der Waals surface area contributed by atoms with Crippen molar-refractivity contribution in [3.05, 3.63) is 72.4 Å². The highest BCUT2D eigenvalue weighted by atomic mass is 16.5. The summed E-state index contributed by atoms with van der Waals surface area (Å²) in [4.78, 5) is 0. The first-order valence-corrected chi connectivity index (χ1v) is 6.87. The second-order valence-electron chi connectivity index (χ2n) is 4.64. The van der Waals surface area contributed by atoms with Crippen molar-refractivity contribution in [2.75, 3.05) is 20.2 Å². The Bertz CT molecular complexity index is 567. The molecule has 104 valence electrons. The molecule has 0 unspecified atom stereocenters. The fourth-order valence-electron chi connectivity index (χ4n) is 2.36. The van der Waals surface area contributed by atoms with Crippen LogP contribution in [0.15, 0.2) is 66.8 Å². The van der Waals surface area contributed by atoms with E-state index in [-0.39, 0.29) is 0 Å². The van der Waals surface area contributed by atoms with Crippen LogP contribution in [-0.2, 0) is 0 Å². The van der Waals surface area contributed by atoms with Gasteiger partial charge in [-0.25, -0.2) is 0 Å². The summed E-state index contributed by atoms with van der Waals surface area (Å²) in [6.07, 6.45) is 6.95. The number of hydrogen-bond acceptors (Lipinski definition) is 2. The van der Waals surface area contributed by atoms with Crippen LogP contribution in [0.3, 0.4) is 0 Å². The van der Waals surface area contributed by atoms with Crippen LogP contribution in [0.25, 0.3) is 5.57 Å². The summed E-state index contributed by atoms with van der Waals surface area (Å²) in [5.41, 5.74) is 4.49. The summed E-state index contributed by atoms with van der Waals surface area (Å²) >= 11 is 0. The molecule has 2 rings (SSSR count). The van der Waals surface area contributed by atoms with Gasteiger partial charge < -0.3 is 10.1 Å². The van der Waals surface area contributed by atoms with Crippen LogP contribution in [0.4, 0.5) is 0 Å². The molecule has 1 aliphatic heterocycles. The number of para-hydroxylation sites is 1. The minimum atomic E-state index is 0.533. The van der Waals surface area contributed by atoms with E-state index in [4.69, 9.17) is 4.74 Å². The summed E-state index contributed by atoms with van der Waals surface area (Å²) in [5, 5.41) is 3.17. The predicted octanol–water partition coefficient (Wildman–Crippen LogP) is 3.74. The predicted molar refractivity (Wildman–Crippen MR) is 85.9 cm³/mol. The Hall–Kier alpha value is -2.06. The summed E-state index contributed by atoms with van der Waals surface area (Å²) in [5.74, 6) is 0.916. The molecule has 0 aliphatic carbocycles. The second kappa shape index (κ2) is 6.92. The normalized spacial score (nSPS) is 16.4. The molecule has 0 atom stereocenters. The first-order chi connectivity index (χ1) is 9.81. The number of ether oxygens (including phenoxy) is 1. The largest absolute Gasteiger partial charge is 0.488 e. The molecule has 1 aliphatic rings. The molecule has 1 heterocycles. The zero-order valence-corrected chi connectivity index (χ0v) is 12.0. The van der Waals surface area contributed by atoms with Gasteiger partial charge >= 0.3 is 0 Å². The number of hydrogen-bond donors (Lipinski definition) is 1. The fraction of sp³-hybridized carbons (Fsp3) is 0.222. The zero-order valence-electron chi connectivity index (χ0n) is 12.0. The van der Waals surface area contributed by atoms with Crippen molar-refractivity contribution in [2.45, 2.75) is 6.42 Å². The lowest BCUT2D eigenvalue weighted by atomic mass is 9.93. The van der Waals surface area contributed by atoms with Gasteiger partial charge in [0.15, 0.2) is 0 Å². The minimum Gasteiger partial charge on any atom is -0.488 e. The molecule has 0 bridgehead atoms.